The third-order valence-electron chi connectivity index (χ3n) is 8.85. The fourth-order valence-corrected chi connectivity index (χ4v) is 6.75. The first-order valence-corrected chi connectivity index (χ1v) is 20.2. The molecule has 0 amide bonds. The van der Waals surface area contributed by atoms with Gasteiger partial charge in [0.1, 0.15) is 11.5 Å². The van der Waals surface area contributed by atoms with E-state index in [9.17, 15) is 53.4 Å². The highest BCUT2D eigenvalue weighted by Crippen LogP contribution is 2.34. The molecule has 2 fully saturated rings. The van der Waals surface area contributed by atoms with E-state index < -0.39 is 66.8 Å². The van der Waals surface area contributed by atoms with Gasteiger partial charge < -0.3 is 38.3 Å². The highest BCUT2D eigenvalue weighted by Gasteiger charge is 2.50. The average Bonchev–Trinajstić information content (AvgIpc) is 3.59. The topological polar surface area (TPSA) is 186 Å². The number of hydrogen-bond acceptors (Lipinski definition) is 12. The molecule has 54 heavy (non-hydrogen) atoms. The van der Waals surface area contributed by atoms with Gasteiger partial charge in [-0.2, -0.15) is 43.2 Å². The lowest BCUT2D eigenvalue weighted by atomic mass is 9.96. The van der Waals surface area contributed by atoms with Crippen LogP contribution < -0.4 is 0 Å². The van der Waals surface area contributed by atoms with E-state index >= 15 is 0 Å². The van der Waals surface area contributed by atoms with Crippen molar-refractivity contribution < 1.29 is 81.4 Å². The summed E-state index contributed by atoms with van der Waals surface area (Å²) in [6.45, 7) is 17.4. The number of halogens is 6. The standard InChI is InChI=1S/2C17H27F3O6S/c2*1-11(13(3)26-27(23,24)17(18,19)20)9-14(22)6-7-16-12(2)10-15(25-16)5-4-8-21/h2*11,14-16,21-22H,2-10H2,1H3/t11?,14-,15?,16?;11-,14-,15?,16+/m11/s1. The Morgan fingerprint density at radius 1 is 0.704 bits per heavy atom. The summed E-state index contributed by atoms with van der Waals surface area (Å²) in [5, 5.41) is 37.9. The minimum atomic E-state index is -5.75. The third-order valence-corrected chi connectivity index (χ3v) is 10.8. The normalized spacial score (nSPS) is 23.3. The van der Waals surface area contributed by atoms with Crippen LogP contribution >= 0.6 is 0 Å². The molecule has 2 heterocycles. The van der Waals surface area contributed by atoms with E-state index in [0.717, 1.165) is 24.0 Å². The molecule has 12 nitrogen and oxygen atoms in total. The van der Waals surface area contributed by atoms with E-state index in [4.69, 9.17) is 19.7 Å². The van der Waals surface area contributed by atoms with Gasteiger partial charge in [-0.05, 0) is 88.2 Å². The number of aliphatic hydroxyl groups excluding tert-OH is 4. The molecule has 2 aliphatic heterocycles. The predicted octanol–water partition coefficient (Wildman–Crippen LogP) is 6.04. The van der Waals surface area contributed by atoms with Crippen LogP contribution in [0.25, 0.3) is 0 Å². The molecule has 0 saturated carbocycles. The van der Waals surface area contributed by atoms with E-state index in [1.807, 2.05) is 0 Å². The quantitative estimate of drug-likeness (QED) is 0.0327. The Labute approximate surface area is 313 Å². The van der Waals surface area contributed by atoms with Crippen LogP contribution in [-0.2, 0) is 38.1 Å². The Morgan fingerprint density at radius 2 is 1.02 bits per heavy atom. The molecule has 0 aromatic rings. The molecule has 0 aromatic heterocycles. The van der Waals surface area contributed by atoms with Gasteiger partial charge in [-0.1, -0.05) is 40.2 Å². The largest absolute Gasteiger partial charge is 0.534 e. The second-order valence-corrected chi connectivity index (χ2v) is 16.7. The summed E-state index contributed by atoms with van der Waals surface area (Å²) in [6, 6.07) is 0. The molecule has 2 aliphatic rings. The van der Waals surface area contributed by atoms with Gasteiger partial charge in [-0.25, -0.2) is 0 Å². The van der Waals surface area contributed by atoms with Gasteiger partial charge in [0.05, 0.1) is 36.6 Å². The van der Waals surface area contributed by atoms with Crippen molar-refractivity contribution in [1.82, 2.24) is 0 Å². The van der Waals surface area contributed by atoms with E-state index in [0.29, 0.717) is 51.4 Å². The van der Waals surface area contributed by atoms with Crippen LogP contribution in [0.5, 0.6) is 0 Å². The molecule has 0 aliphatic carbocycles. The molecule has 20 heteroatoms. The first kappa shape index (κ1) is 49.8. The highest BCUT2D eigenvalue weighted by molar-refractivity contribution is 7.88. The molecule has 2 rings (SSSR count). The molecular formula is C34H54F6O12S2. The van der Waals surface area contributed by atoms with Gasteiger partial charge in [0.25, 0.3) is 0 Å². The first-order chi connectivity index (χ1) is 24.7. The van der Waals surface area contributed by atoms with Crippen molar-refractivity contribution in [3.05, 3.63) is 49.0 Å². The van der Waals surface area contributed by atoms with Crippen molar-refractivity contribution in [3.63, 3.8) is 0 Å². The lowest BCUT2D eigenvalue weighted by molar-refractivity contribution is -0.0532. The van der Waals surface area contributed by atoms with Crippen molar-refractivity contribution >= 4 is 20.2 Å². The maximum atomic E-state index is 12.3. The van der Waals surface area contributed by atoms with Crippen LogP contribution in [0.2, 0.25) is 0 Å². The zero-order chi connectivity index (χ0) is 41.7. The van der Waals surface area contributed by atoms with E-state index in [-0.39, 0.29) is 50.5 Å². The summed E-state index contributed by atoms with van der Waals surface area (Å²) in [4.78, 5) is 0. The number of aliphatic hydroxyl groups is 4. The van der Waals surface area contributed by atoms with Crippen molar-refractivity contribution in [3.8, 4) is 0 Å². The second-order valence-electron chi connectivity index (χ2n) is 13.6. The predicted molar refractivity (Wildman–Crippen MR) is 186 cm³/mol. The SMILES string of the molecule is C=C(OS(=O)(=O)C(F)(F)F)C(C)C[C@H](O)CCC1OC(CCCO)CC1=C.C=C(OS(=O)(=O)C(F)(F)F)[C@H](C)C[C@H](O)CC[C@@H]1OC(CCCO)CC1=C. The van der Waals surface area contributed by atoms with Crippen molar-refractivity contribution in [2.45, 2.75) is 139 Å². The molecule has 8 atom stereocenters. The maximum Gasteiger partial charge on any atom is 0.534 e. The molecule has 0 radical (unpaired) electrons. The summed E-state index contributed by atoms with van der Waals surface area (Å²) >= 11 is 0. The molecule has 0 bridgehead atoms. The number of allylic oxidation sites excluding steroid dienone is 2. The molecule has 2 saturated heterocycles. The number of ether oxygens (including phenoxy) is 2. The Morgan fingerprint density at radius 3 is 1.30 bits per heavy atom. The van der Waals surface area contributed by atoms with Gasteiger partial charge in [-0.3, -0.25) is 0 Å². The van der Waals surface area contributed by atoms with Gasteiger partial charge in [0.15, 0.2) is 0 Å². The molecule has 0 spiro atoms. The average molecular weight is 833 g/mol. The lowest BCUT2D eigenvalue weighted by Crippen LogP contribution is -2.27. The van der Waals surface area contributed by atoms with Crippen LogP contribution in [0.4, 0.5) is 26.3 Å². The molecule has 0 aromatic carbocycles. The van der Waals surface area contributed by atoms with E-state index in [1.165, 1.54) is 13.8 Å². The molecule has 316 valence electrons. The van der Waals surface area contributed by atoms with Crippen molar-refractivity contribution in [2.24, 2.45) is 11.8 Å². The zero-order valence-corrected chi connectivity index (χ0v) is 32.1. The smallest absolute Gasteiger partial charge is 0.396 e. The van der Waals surface area contributed by atoms with E-state index in [1.54, 1.807) is 0 Å². The fraction of sp³-hybridized carbons (Fsp3) is 0.765. The summed E-state index contributed by atoms with van der Waals surface area (Å²) in [7, 11) is -11.5. The van der Waals surface area contributed by atoms with Gasteiger partial charge in [-0.15, -0.1) is 0 Å². The second kappa shape index (κ2) is 21.9. The molecule has 4 N–H and O–H groups in total. The summed E-state index contributed by atoms with van der Waals surface area (Å²) in [5.41, 5.74) is -9.24. The zero-order valence-electron chi connectivity index (χ0n) is 30.5. The summed E-state index contributed by atoms with van der Waals surface area (Å²) in [5.74, 6) is -2.72. The van der Waals surface area contributed by atoms with Gasteiger partial charge in [0.2, 0.25) is 0 Å². The van der Waals surface area contributed by atoms with Crippen LogP contribution in [-0.4, -0.2) is 98.1 Å². The van der Waals surface area contributed by atoms with Crippen LogP contribution in [0.3, 0.4) is 0 Å². The van der Waals surface area contributed by atoms with Gasteiger partial charge >= 0.3 is 31.3 Å². The van der Waals surface area contributed by atoms with E-state index in [2.05, 4.69) is 34.7 Å². The van der Waals surface area contributed by atoms with Crippen molar-refractivity contribution in [2.75, 3.05) is 13.2 Å². The monoisotopic (exact) mass is 832 g/mol. The summed E-state index contributed by atoms with van der Waals surface area (Å²) < 4.78 is 137. The van der Waals surface area contributed by atoms with Crippen LogP contribution in [0.15, 0.2) is 49.0 Å². The van der Waals surface area contributed by atoms with Crippen molar-refractivity contribution in [1.29, 1.82) is 0 Å². The van der Waals surface area contributed by atoms with Crippen LogP contribution in [0, 0.1) is 11.8 Å². The minimum Gasteiger partial charge on any atom is -0.396 e. The molecule has 4 unspecified atom stereocenters. The van der Waals surface area contributed by atoms with Gasteiger partial charge in [0, 0.05) is 25.0 Å². The Hall–Kier alpha value is -2.20. The Bertz CT molecular complexity index is 1340. The number of hydrogen-bond donors (Lipinski definition) is 4. The first-order valence-electron chi connectivity index (χ1n) is 17.4. The Balaban J connectivity index is 0.000000540. The number of rotatable bonds is 22. The Kier molecular flexibility index (Phi) is 20.2. The maximum absolute atomic E-state index is 12.3. The lowest BCUT2D eigenvalue weighted by Gasteiger charge is -2.20. The minimum absolute atomic E-state index is 0.000647. The number of alkyl halides is 6. The third kappa shape index (κ3) is 16.9. The highest BCUT2D eigenvalue weighted by atomic mass is 32.2. The summed E-state index contributed by atoms with van der Waals surface area (Å²) in [6.07, 6.45) is 3.43. The van der Waals surface area contributed by atoms with Crippen LogP contribution in [0.1, 0.15) is 90.9 Å². The molecular weight excluding hydrogens is 778 g/mol. The fourth-order valence-electron chi connectivity index (χ4n) is 5.67.